The number of ether oxygens (including phenoxy) is 2. The molecule has 3 aromatic rings. The van der Waals surface area contributed by atoms with E-state index in [1.165, 1.54) is 10.6 Å². The molecule has 2 aromatic heterocycles. The Hall–Kier alpha value is -3.08. The lowest BCUT2D eigenvalue weighted by Gasteiger charge is -2.47. The molecule has 1 aromatic carbocycles. The van der Waals surface area contributed by atoms with Crippen LogP contribution in [0.2, 0.25) is 0 Å². The largest absolute Gasteiger partial charge is 0.458 e. The van der Waals surface area contributed by atoms with Gasteiger partial charge in [0.2, 0.25) is 10.0 Å². The number of para-hydroxylation sites is 1. The van der Waals surface area contributed by atoms with E-state index in [0.29, 0.717) is 48.4 Å². The summed E-state index contributed by atoms with van der Waals surface area (Å²) in [5, 5.41) is 0.940. The maximum Gasteiger partial charge on any atom is 0.343 e. The van der Waals surface area contributed by atoms with Crippen LogP contribution in [0.1, 0.15) is 49.4 Å². The van der Waals surface area contributed by atoms with Crippen molar-refractivity contribution in [2.24, 2.45) is 0 Å². The first kappa shape index (κ1) is 24.3. The quantitative estimate of drug-likeness (QED) is 0.370. The van der Waals surface area contributed by atoms with Crippen LogP contribution in [-0.2, 0) is 49.5 Å². The van der Waals surface area contributed by atoms with Crippen molar-refractivity contribution in [1.29, 1.82) is 0 Å². The standard InChI is InChI=1S/C27H29N3O6S/c1-15(2)30(37(4,33)34)10-9-17-18-7-5-6-8-22(18)28-24-19(17)13-29-23(24)11-21-20(25(29)31)14-35-26(32)27(21)12-16(3)36-27/h5-8,11,15-16H,9-10,12-14H2,1-4H3/t16?,27-/m0/s1. The molecular formula is C27H29N3O6S. The Labute approximate surface area is 215 Å². The number of hydrogen-bond acceptors (Lipinski definition) is 7. The van der Waals surface area contributed by atoms with Crippen molar-refractivity contribution >= 4 is 26.9 Å². The zero-order valence-corrected chi connectivity index (χ0v) is 22.1. The number of carbonyl (C=O) groups excluding carboxylic acids is 1. The number of aromatic nitrogens is 2. The van der Waals surface area contributed by atoms with Crippen molar-refractivity contribution in [3.63, 3.8) is 0 Å². The molecule has 0 bridgehead atoms. The second-order valence-electron chi connectivity index (χ2n) is 10.5. The summed E-state index contributed by atoms with van der Waals surface area (Å²) in [5.74, 6) is -0.456. The molecule has 0 saturated carbocycles. The molecule has 10 heteroatoms. The lowest BCUT2D eigenvalue weighted by molar-refractivity contribution is -0.234. The minimum atomic E-state index is -3.39. The highest BCUT2D eigenvalue weighted by molar-refractivity contribution is 7.88. The third-order valence-electron chi connectivity index (χ3n) is 7.74. The maximum absolute atomic E-state index is 13.7. The summed E-state index contributed by atoms with van der Waals surface area (Å²) < 4.78 is 39.3. The van der Waals surface area contributed by atoms with Crippen LogP contribution >= 0.6 is 0 Å². The van der Waals surface area contributed by atoms with Crippen LogP contribution in [-0.4, -0.2) is 53.2 Å². The molecule has 0 amide bonds. The van der Waals surface area contributed by atoms with E-state index in [1.807, 2.05) is 51.1 Å². The monoisotopic (exact) mass is 523 g/mol. The highest BCUT2D eigenvalue weighted by atomic mass is 32.2. The first-order valence-electron chi connectivity index (χ1n) is 12.5. The molecule has 1 saturated heterocycles. The van der Waals surface area contributed by atoms with Gasteiger partial charge >= 0.3 is 5.97 Å². The van der Waals surface area contributed by atoms with Crippen molar-refractivity contribution in [3.8, 4) is 11.4 Å². The summed E-state index contributed by atoms with van der Waals surface area (Å²) in [5.41, 5.74) is 3.55. The number of pyridine rings is 2. The Kier molecular flexibility index (Phi) is 5.38. The minimum absolute atomic E-state index is 0.0803. The molecule has 3 aliphatic heterocycles. The fourth-order valence-corrected chi connectivity index (χ4v) is 7.31. The van der Waals surface area contributed by atoms with Gasteiger partial charge in [0.05, 0.1) is 41.4 Å². The van der Waals surface area contributed by atoms with Gasteiger partial charge in [-0.05, 0) is 44.9 Å². The molecule has 2 atom stereocenters. The van der Waals surface area contributed by atoms with E-state index >= 15 is 0 Å². The topological polar surface area (TPSA) is 108 Å². The molecule has 5 heterocycles. The van der Waals surface area contributed by atoms with Crippen LogP contribution in [0.5, 0.6) is 0 Å². The number of fused-ring (bicyclic) bond motifs is 6. The van der Waals surface area contributed by atoms with Gasteiger partial charge in [-0.15, -0.1) is 0 Å². The van der Waals surface area contributed by atoms with Gasteiger partial charge in [-0.2, -0.15) is 4.31 Å². The molecule has 6 rings (SSSR count). The molecule has 3 aliphatic rings. The van der Waals surface area contributed by atoms with Crippen LogP contribution < -0.4 is 5.56 Å². The van der Waals surface area contributed by atoms with Gasteiger partial charge in [0.25, 0.3) is 5.56 Å². The predicted molar refractivity (Wildman–Crippen MR) is 138 cm³/mol. The lowest BCUT2D eigenvalue weighted by Crippen LogP contribution is -2.56. The van der Waals surface area contributed by atoms with Gasteiger partial charge in [0.1, 0.15) is 6.61 Å². The van der Waals surface area contributed by atoms with Crippen LogP contribution in [0.3, 0.4) is 0 Å². The fourth-order valence-electron chi connectivity index (χ4n) is 6.12. The van der Waals surface area contributed by atoms with E-state index in [1.54, 1.807) is 4.57 Å². The SMILES string of the molecule is CC1C[C@@]2(O1)C(=O)OCc1c2cc2n(c1=O)Cc1c-2nc2ccccc2c1CCN(C(C)C)S(C)(=O)=O. The van der Waals surface area contributed by atoms with Gasteiger partial charge in [-0.1, -0.05) is 18.2 Å². The summed E-state index contributed by atoms with van der Waals surface area (Å²) in [4.78, 5) is 31.4. The number of benzene rings is 1. The normalized spacial score (nSPS) is 22.2. The second kappa shape index (κ2) is 8.21. The number of esters is 1. The van der Waals surface area contributed by atoms with Crippen molar-refractivity contribution in [3.05, 3.63) is 62.9 Å². The number of sulfonamides is 1. The van der Waals surface area contributed by atoms with E-state index in [0.717, 1.165) is 22.0 Å². The summed E-state index contributed by atoms with van der Waals surface area (Å²) in [6.45, 7) is 6.16. The third kappa shape index (κ3) is 3.57. The first-order chi connectivity index (χ1) is 17.5. The molecule has 0 aliphatic carbocycles. The van der Waals surface area contributed by atoms with Crippen LogP contribution in [0.25, 0.3) is 22.3 Å². The summed E-state index contributed by atoms with van der Waals surface area (Å²) >= 11 is 0. The molecule has 194 valence electrons. The average molecular weight is 524 g/mol. The van der Waals surface area contributed by atoms with Crippen molar-refractivity contribution in [2.75, 3.05) is 12.8 Å². The van der Waals surface area contributed by atoms with Crippen molar-refractivity contribution in [2.45, 2.75) is 64.5 Å². The highest BCUT2D eigenvalue weighted by Gasteiger charge is 2.56. The molecule has 0 radical (unpaired) electrons. The maximum atomic E-state index is 13.7. The number of nitrogens with zero attached hydrogens (tertiary/aromatic N) is 3. The Morgan fingerprint density at radius 2 is 1.95 bits per heavy atom. The number of hydrogen-bond donors (Lipinski definition) is 0. The summed E-state index contributed by atoms with van der Waals surface area (Å²) in [6.07, 6.45) is 2.06. The van der Waals surface area contributed by atoms with E-state index in [-0.39, 0.29) is 24.3 Å². The molecule has 1 unspecified atom stereocenters. The number of rotatable bonds is 5. The van der Waals surface area contributed by atoms with Gasteiger partial charge in [-0.25, -0.2) is 18.2 Å². The molecule has 9 nitrogen and oxygen atoms in total. The Bertz CT molecular complexity index is 1640. The molecular weight excluding hydrogens is 494 g/mol. The Morgan fingerprint density at radius 3 is 2.62 bits per heavy atom. The number of carbonyl (C=O) groups is 1. The molecule has 1 spiro atoms. The van der Waals surface area contributed by atoms with Gasteiger partial charge in [-0.3, -0.25) is 4.79 Å². The van der Waals surface area contributed by atoms with Gasteiger partial charge in [0, 0.05) is 35.5 Å². The lowest BCUT2D eigenvalue weighted by atomic mass is 9.79. The van der Waals surface area contributed by atoms with E-state index < -0.39 is 21.6 Å². The zero-order valence-electron chi connectivity index (χ0n) is 21.3. The van der Waals surface area contributed by atoms with E-state index in [4.69, 9.17) is 14.5 Å². The van der Waals surface area contributed by atoms with Crippen LogP contribution in [0.15, 0.2) is 35.1 Å². The smallest absolute Gasteiger partial charge is 0.343 e. The van der Waals surface area contributed by atoms with Crippen LogP contribution in [0, 0.1) is 0 Å². The van der Waals surface area contributed by atoms with Gasteiger partial charge < -0.3 is 14.0 Å². The van der Waals surface area contributed by atoms with E-state index in [9.17, 15) is 18.0 Å². The molecule has 1 fully saturated rings. The Balaban J connectivity index is 1.52. The second-order valence-corrected chi connectivity index (χ2v) is 12.4. The van der Waals surface area contributed by atoms with Crippen molar-refractivity contribution < 1.29 is 22.7 Å². The third-order valence-corrected chi connectivity index (χ3v) is 9.20. The van der Waals surface area contributed by atoms with E-state index in [2.05, 4.69) is 0 Å². The van der Waals surface area contributed by atoms with Crippen LogP contribution in [0.4, 0.5) is 0 Å². The van der Waals surface area contributed by atoms with Crippen molar-refractivity contribution in [1.82, 2.24) is 13.9 Å². The minimum Gasteiger partial charge on any atom is -0.458 e. The highest BCUT2D eigenvalue weighted by Crippen LogP contribution is 2.48. The number of cyclic esters (lactones) is 1. The molecule has 0 N–H and O–H groups in total. The fraction of sp³-hybridized carbons (Fsp3) is 0.444. The first-order valence-corrected chi connectivity index (χ1v) is 14.4. The average Bonchev–Trinajstić information content (AvgIpc) is 3.17. The Morgan fingerprint density at radius 1 is 1.22 bits per heavy atom. The zero-order chi connectivity index (χ0) is 26.3. The van der Waals surface area contributed by atoms with Gasteiger partial charge in [0.15, 0.2) is 5.60 Å². The summed E-state index contributed by atoms with van der Waals surface area (Å²) in [6, 6.07) is 9.44. The molecule has 37 heavy (non-hydrogen) atoms. The summed E-state index contributed by atoms with van der Waals surface area (Å²) in [7, 11) is -3.39. The predicted octanol–water partition coefficient (Wildman–Crippen LogP) is 2.70.